The van der Waals surface area contributed by atoms with Crippen LogP contribution in [-0.2, 0) is 22.4 Å². The molecule has 84 valence electrons. The van der Waals surface area contributed by atoms with Gasteiger partial charge in [0.2, 0.25) is 0 Å². The summed E-state index contributed by atoms with van der Waals surface area (Å²) < 4.78 is 0. The monoisotopic (exact) mass is 219 g/mol. The lowest BCUT2D eigenvalue weighted by Crippen LogP contribution is -2.43. The summed E-state index contributed by atoms with van der Waals surface area (Å²) in [4.78, 5) is 21.9. The van der Waals surface area contributed by atoms with Crippen LogP contribution >= 0.6 is 0 Å². The molecule has 4 heteroatoms. The fraction of sp³-hybridized carbons (Fsp3) is 0.333. The molecule has 0 radical (unpaired) electrons. The van der Waals surface area contributed by atoms with Gasteiger partial charge in [-0.25, -0.2) is 0 Å². The van der Waals surface area contributed by atoms with Crippen molar-refractivity contribution in [3.05, 3.63) is 35.4 Å². The molecule has 0 heterocycles. The molecule has 0 aliphatic heterocycles. The van der Waals surface area contributed by atoms with E-state index >= 15 is 0 Å². The highest BCUT2D eigenvalue weighted by Gasteiger charge is 2.34. The van der Waals surface area contributed by atoms with E-state index in [-0.39, 0.29) is 12.8 Å². The number of carboxylic acid groups (broad SMARTS) is 2. The van der Waals surface area contributed by atoms with Crippen LogP contribution < -0.4 is 5.11 Å². The van der Waals surface area contributed by atoms with Crippen molar-refractivity contribution < 1.29 is 19.8 Å². The molecule has 0 fully saturated rings. The van der Waals surface area contributed by atoms with Crippen molar-refractivity contribution >= 4 is 11.9 Å². The van der Waals surface area contributed by atoms with Crippen LogP contribution in [0.2, 0.25) is 0 Å². The highest BCUT2D eigenvalue weighted by Crippen LogP contribution is 2.30. The van der Waals surface area contributed by atoms with Crippen LogP contribution in [0.3, 0.4) is 0 Å². The average Bonchev–Trinajstić information content (AvgIpc) is 2.27. The van der Waals surface area contributed by atoms with E-state index in [2.05, 4.69) is 0 Å². The molecule has 0 saturated heterocycles. The molecule has 2 atom stereocenters. The molecule has 16 heavy (non-hydrogen) atoms. The standard InChI is InChI=1S/C12H12O4/c13-11(14)9-5-7-3-1-2-4-8(7)6-10(9)12(15)16/h1-4,9-10H,5-6H2,(H,13,14)(H,15,16)/p-1. The largest absolute Gasteiger partial charge is 0.550 e. The molecule has 0 saturated carbocycles. The summed E-state index contributed by atoms with van der Waals surface area (Å²) in [5.74, 6) is -4.14. The van der Waals surface area contributed by atoms with Crippen molar-refractivity contribution in [2.24, 2.45) is 11.8 Å². The first-order chi connectivity index (χ1) is 7.59. The van der Waals surface area contributed by atoms with Gasteiger partial charge in [-0.2, -0.15) is 0 Å². The van der Waals surface area contributed by atoms with Crippen molar-refractivity contribution in [1.82, 2.24) is 0 Å². The summed E-state index contributed by atoms with van der Waals surface area (Å²) >= 11 is 0. The molecule has 0 spiro atoms. The Morgan fingerprint density at radius 3 is 2.06 bits per heavy atom. The molecule has 0 amide bonds. The first-order valence-electron chi connectivity index (χ1n) is 5.10. The molecule has 0 bridgehead atoms. The SMILES string of the molecule is O=C([O-])C1Cc2ccccc2CC1C(=O)O. The van der Waals surface area contributed by atoms with E-state index in [1.807, 2.05) is 24.3 Å². The lowest BCUT2D eigenvalue weighted by atomic mass is 9.76. The first kappa shape index (κ1) is 10.7. The molecular weight excluding hydrogens is 208 g/mol. The van der Waals surface area contributed by atoms with Gasteiger partial charge in [-0.3, -0.25) is 4.79 Å². The second kappa shape index (κ2) is 3.96. The van der Waals surface area contributed by atoms with E-state index in [4.69, 9.17) is 5.11 Å². The smallest absolute Gasteiger partial charge is 0.307 e. The molecule has 1 aromatic rings. The van der Waals surface area contributed by atoms with E-state index in [0.717, 1.165) is 11.1 Å². The topological polar surface area (TPSA) is 77.4 Å². The molecule has 2 rings (SSSR count). The van der Waals surface area contributed by atoms with Gasteiger partial charge in [0.15, 0.2) is 0 Å². The normalized spacial score (nSPS) is 23.5. The van der Waals surface area contributed by atoms with E-state index in [1.54, 1.807) is 0 Å². The van der Waals surface area contributed by atoms with Gasteiger partial charge in [0.1, 0.15) is 0 Å². The second-order valence-corrected chi connectivity index (χ2v) is 4.05. The van der Waals surface area contributed by atoms with Gasteiger partial charge >= 0.3 is 5.97 Å². The number of hydrogen-bond donors (Lipinski definition) is 1. The minimum absolute atomic E-state index is 0.246. The zero-order chi connectivity index (χ0) is 11.7. The highest BCUT2D eigenvalue weighted by molar-refractivity contribution is 5.80. The Bertz CT molecular complexity index is 397. The highest BCUT2D eigenvalue weighted by atomic mass is 16.4. The summed E-state index contributed by atoms with van der Waals surface area (Å²) in [7, 11) is 0. The second-order valence-electron chi connectivity index (χ2n) is 4.05. The lowest BCUT2D eigenvalue weighted by Gasteiger charge is -2.30. The maximum Gasteiger partial charge on any atom is 0.307 e. The predicted molar refractivity (Wildman–Crippen MR) is 53.5 cm³/mol. The van der Waals surface area contributed by atoms with Gasteiger partial charge in [0, 0.05) is 11.9 Å². The zero-order valence-electron chi connectivity index (χ0n) is 8.55. The minimum atomic E-state index is -1.28. The number of fused-ring (bicyclic) bond motifs is 1. The molecule has 1 N–H and O–H groups in total. The summed E-state index contributed by atoms with van der Waals surface area (Å²) in [6.45, 7) is 0. The molecule has 1 aliphatic rings. The van der Waals surface area contributed by atoms with E-state index in [0.29, 0.717) is 0 Å². The summed E-state index contributed by atoms with van der Waals surface area (Å²) in [5.41, 5.74) is 1.83. The minimum Gasteiger partial charge on any atom is -0.550 e. The third-order valence-corrected chi connectivity index (χ3v) is 3.10. The Hall–Kier alpha value is -1.84. The van der Waals surface area contributed by atoms with Gasteiger partial charge in [-0.05, 0) is 24.0 Å². The summed E-state index contributed by atoms with van der Waals surface area (Å²) in [6, 6.07) is 7.34. The van der Waals surface area contributed by atoms with Gasteiger partial charge in [-0.15, -0.1) is 0 Å². The molecular formula is C12H11O4-. The number of benzene rings is 1. The summed E-state index contributed by atoms with van der Waals surface area (Å²) in [6.07, 6.45) is 0.514. The number of carboxylic acids is 2. The Morgan fingerprint density at radius 2 is 1.62 bits per heavy atom. The quantitative estimate of drug-likeness (QED) is 0.750. The Kier molecular flexibility index (Phi) is 2.64. The van der Waals surface area contributed by atoms with Crippen LogP contribution in [0, 0.1) is 11.8 Å². The van der Waals surface area contributed by atoms with Gasteiger partial charge in [0.05, 0.1) is 5.92 Å². The molecule has 0 aromatic heterocycles. The average molecular weight is 219 g/mol. The van der Waals surface area contributed by atoms with Crippen LogP contribution in [0.5, 0.6) is 0 Å². The van der Waals surface area contributed by atoms with Crippen LogP contribution in [0.1, 0.15) is 11.1 Å². The number of carbonyl (C=O) groups is 2. The first-order valence-corrected chi connectivity index (χ1v) is 5.10. The fourth-order valence-corrected chi connectivity index (χ4v) is 2.22. The van der Waals surface area contributed by atoms with Crippen LogP contribution in [0.15, 0.2) is 24.3 Å². The predicted octanol–water partition coefficient (Wildman–Crippen LogP) is -0.148. The van der Waals surface area contributed by atoms with E-state index in [1.165, 1.54) is 0 Å². The van der Waals surface area contributed by atoms with Crippen molar-refractivity contribution in [1.29, 1.82) is 0 Å². The van der Waals surface area contributed by atoms with Gasteiger partial charge < -0.3 is 15.0 Å². The van der Waals surface area contributed by atoms with Crippen molar-refractivity contribution in [3.8, 4) is 0 Å². The molecule has 2 unspecified atom stereocenters. The van der Waals surface area contributed by atoms with Crippen LogP contribution in [0.4, 0.5) is 0 Å². The number of hydrogen-bond acceptors (Lipinski definition) is 3. The van der Waals surface area contributed by atoms with Crippen LogP contribution in [0.25, 0.3) is 0 Å². The number of carbonyl (C=O) groups excluding carboxylic acids is 1. The Balaban J connectivity index is 2.37. The zero-order valence-corrected chi connectivity index (χ0v) is 8.55. The maximum absolute atomic E-state index is 11.0. The van der Waals surface area contributed by atoms with Crippen LogP contribution in [-0.4, -0.2) is 17.0 Å². The summed E-state index contributed by atoms with van der Waals surface area (Å²) in [5, 5.41) is 19.9. The molecule has 1 aliphatic carbocycles. The van der Waals surface area contributed by atoms with Crippen molar-refractivity contribution in [3.63, 3.8) is 0 Å². The third-order valence-electron chi connectivity index (χ3n) is 3.10. The van der Waals surface area contributed by atoms with E-state index in [9.17, 15) is 14.7 Å². The van der Waals surface area contributed by atoms with Crippen molar-refractivity contribution in [2.75, 3.05) is 0 Å². The number of aliphatic carboxylic acids is 2. The fourth-order valence-electron chi connectivity index (χ4n) is 2.22. The third kappa shape index (κ3) is 1.78. The van der Waals surface area contributed by atoms with Crippen molar-refractivity contribution in [2.45, 2.75) is 12.8 Å². The number of rotatable bonds is 2. The lowest BCUT2D eigenvalue weighted by molar-refractivity contribution is -0.313. The van der Waals surface area contributed by atoms with Gasteiger partial charge in [-0.1, -0.05) is 24.3 Å². The van der Waals surface area contributed by atoms with E-state index < -0.39 is 23.8 Å². The molecule has 1 aromatic carbocycles. The Morgan fingerprint density at radius 1 is 1.12 bits per heavy atom. The molecule has 4 nitrogen and oxygen atoms in total. The maximum atomic E-state index is 11.0. The Labute approximate surface area is 92.5 Å². The van der Waals surface area contributed by atoms with Gasteiger partial charge in [0.25, 0.3) is 0 Å².